The molecule has 0 aromatic heterocycles. The Hall–Kier alpha value is -3.55. The minimum atomic E-state index is -0.553. The Bertz CT molecular complexity index is 896. The minimum Gasteiger partial charge on any atom is -0.497 e. The number of methoxy groups -OCH3 is 1. The van der Waals surface area contributed by atoms with E-state index in [0.29, 0.717) is 23.7 Å². The van der Waals surface area contributed by atoms with E-state index in [4.69, 9.17) is 9.47 Å². The van der Waals surface area contributed by atoms with Crippen LogP contribution in [0.5, 0.6) is 5.75 Å². The first kappa shape index (κ1) is 23.7. The molecule has 0 bridgehead atoms. The van der Waals surface area contributed by atoms with Gasteiger partial charge in [0, 0.05) is 18.3 Å². The zero-order valence-electron chi connectivity index (χ0n) is 18.2. The molecule has 2 rings (SSSR count). The molecule has 0 radical (unpaired) electrons. The van der Waals surface area contributed by atoms with Crippen molar-refractivity contribution in [3.63, 3.8) is 0 Å². The Kier molecular flexibility index (Phi) is 8.87. The molecule has 0 saturated heterocycles. The fourth-order valence-corrected chi connectivity index (χ4v) is 2.80. The fraction of sp³-hybridized carbons (Fsp3) is 0.348. The molecule has 1 atom stereocenters. The Balaban J connectivity index is 2.01. The topological polar surface area (TPSA) is 106 Å². The number of carbonyl (C=O) groups excluding carboxylic acids is 3. The molecular formula is C23H29N3O5. The number of benzene rings is 2. The van der Waals surface area contributed by atoms with Gasteiger partial charge >= 0.3 is 6.09 Å². The predicted octanol–water partition coefficient (Wildman–Crippen LogP) is 4.11. The lowest BCUT2D eigenvalue weighted by molar-refractivity contribution is -0.120. The van der Waals surface area contributed by atoms with E-state index in [9.17, 15) is 14.4 Å². The summed E-state index contributed by atoms with van der Waals surface area (Å²) in [5, 5.41) is 8.22. The summed E-state index contributed by atoms with van der Waals surface area (Å²) in [6.45, 7) is 5.62. The van der Waals surface area contributed by atoms with Crippen molar-refractivity contribution in [3.05, 3.63) is 54.1 Å². The standard InChI is InChI=1S/C23H29N3O5/c1-15(2)14-31-23(29)26-19-7-5-6-18(12-19)25-22(28)13-21(24-16(3)27)17-8-10-20(30-4)11-9-17/h5-12,15,21H,13-14H2,1-4H3,(H,24,27)(H,25,28)(H,26,29). The summed E-state index contributed by atoms with van der Waals surface area (Å²) in [6, 6.07) is 13.4. The first-order chi connectivity index (χ1) is 14.8. The van der Waals surface area contributed by atoms with Crippen molar-refractivity contribution in [1.29, 1.82) is 0 Å². The molecule has 0 saturated carbocycles. The fourth-order valence-electron chi connectivity index (χ4n) is 2.80. The van der Waals surface area contributed by atoms with Crippen LogP contribution in [0.25, 0.3) is 0 Å². The van der Waals surface area contributed by atoms with Crippen LogP contribution in [0.4, 0.5) is 16.2 Å². The number of anilines is 2. The molecule has 31 heavy (non-hydrogen) atoms. The summed E-state index contributed by atoms with van der Waals surface area (Å²) in [5.41, 5.74) is 1.80. The van der Waals surface area contributed by atoms with Gasteiger partial charge in [0.05, 0.1) is 26.2 Å². The van der Waals surface area contributed by atoms with Crippen LogP contribution < -0.4 is 20.7 Å². The largest absolute Gasteiger partial charge is 0.497 e. The molecule has 2 aromatic carbocycles. The van der Waals surface area contributed by atoms with Gasteiger partial charge in [0.2, 0.25) is 11.8 Å². The average Bonchev–Trinajstić information content (AvgIpc) is 2.71. The molecule has 0 spiro atoms. The highest BCUT2D eigenvalue weighted by Crippen LogP contribution is 2.22. The predicted molar refractivity (Wildman–Crippen MR) is 119 cm³/mol. The first-order valence-electron chi connectivity index (χ1n) is 10.0. The first-order valence-corrected chi connectivity index (χ1v) is 10.0. The van der Waals surface area contributed by atoms with Gasteiger partial charge in [-0.05, 0) is 41.8 Å². The molecule has 1 unspecified atom stereocenters. The van der Waals surface area contributed by atoms with Gasteiger partial charge in [-0.15, -0.1) is 0 Å². The third-order valence-corrected chi connectivity index (χ3v) is 4.23. The second-order valence-electron chi connectivity index (χ2n) is 7.48. The zero-order valence-corrected chi connectivity index (χ0v) is 18.2. The summed E-state index contributed by atoms with van der Waals surface area (Å²) in [6.07, 6.45) is -0.512. The maximum absolute atomic E-state index is 12.6. The summed E-state index contributed by atoms with van der Waals surface area (Å²) in [5.74, 6) is 0.401. The van der Waals surface area contributed by atoms with Crippen molar-refractivity contribution < 1.29 is 23.9 Å². The number of nitrogens with one attached hydrogen (secondary N) is 3. The molecule has 0 heterocycles. The lowest BCUT2D eigenvalue weighted by Crippen LogP contribution is -2.29. The highest BCUT2D eigenvalue weighted by atomic mass is 16.5. The molecule has 8 nitrogen and oxygen atoms in total. The SMILES string of the molecule is COc1ccc(C(CC(=O)Nc2cccc(NC(=O)OCC(C)C)c2)NC(C)=O)cc1. The average molecular weight is 428 g/mol. The van der Waals surface area contributed by atoms with E-state index < -0.39 is 12.1 Å². The number of amides is 3. The summed E-state index contributed by atoms with van der Waals surface area (Å²) in [7, 11) is 1.57. The van der Waals surface area contributed by atoms with Gasteiger partial charge < -0.3 is 20.1 Å². The van der Waals surface area contributed by atoms with E-state index in [0.717, 1.165) is 5.56 Å². The number of rotatable bonds is 9. The summed E-state index contributed by atoms with van der Waals surface area (Å²) < 4.78 is 10.2. The Labute approximate surface area is 182 Å². The van der Waals surface area contributed by atoms with Crippen molar-refractivity contribution in [2.24, 2.45) is 5.92 Å². The van der Waals surface area contributed by atoms with Gasteiger partial charge in [-0.25, -0.2) is 4.79 Å². The van der Waals surface area contributed by atoms with Crippen LogP contribution in [0.3, 0.4) is 0 Å². The molecule has 0 fully saturated rings. The van der Waals surface area contributed by atoms with E-state index in [1.54, 1.807) is 55.6 Å². The quantitative estimate of drug-likeness (QED) is 0.559. The van der Waals surface area contributed by atoms with Gasteiger partial charge in [0.15, 0.2) is 0 Å². The maximum Gasteiger partial charge on any atom is 0.411 e. The van der Waals surface area contributed by atoms with E-state index in [1.165, 1.54) is 6.92 Å². The molecule has 166 valence electrons. The number of carbonyl (C=O) groups is 3. The van der Waals surface area contributed by atoms with Crippen molar-refractivity contribution in [1.82, 2.24) is 5.32 Å². The van der Waals surface area contributed by atoms with Crippen molar-refractivity contribution in [3.8, 4) is 5.75 Å². The lowest BCUT2D eigenvalue weighted by atomic mass is 10.0. The Morgan fingerprint density at radius 1 is 0.968 bits per heavy atom. The molecule has 3 N–H and O–H groups in total. The molecule has 0 aliphatic rings. The minimum absolute atomic E-state index is 0.0417. The van der Waals surface area contributed by atoms with Crippen molar-refractivity contribution >= 4 is 29.3 Å². The monoisotopic (exact) mass is 427 g/mol. The van der Waals surface area contributed by atoms with Crippen LogP contribution in [0.1, 0.15) is 38.8 Å². The van der Waals surface area contributed by atoms with E-state index in [-0.39, 0.29) is 24.2 Å². The maximum atomic E-state index is 12.6. The van der Waals surface area contributed by atoms with Crippen molar-refractivity contribution in [2.75, 3.05) is 24.4 Å². The van der Waals surface area contributed by atoms with Gasteiger partial charge in [-0.3, -0.25) is 14.9 Å². The van der Waals surface area contributed by atoms with Crippen LogP contribution in [0.15, 0.2) is 48.5 Å². The van der Waals surface area contributed by atoms with Gasteiger partial charge in [0.1, 0.15) is 5.75 Å². The van der Waals surface area contributed by atoms with Crippen LogP contribution in [-0.4, -0.2) is 31.6 Å². The zero-order chi connectivity index (χ0) is 22.8. The van der Waals surface area contributed by atoms with E-state index in [2.05, 4.69) is 16.0 Å². The molecule has 8 heteroatoms. The van der Waals surface area contributed by atoms with Gasteiger partial charge in [0.25, 0.3) is 0 Å². The smallest absolute Gasteiger partial charge is 0.411 e. The summed E-state index contributed by atoms with van der Waals surface area (Å²) in [4.78, 5) is 36.1. The van der Waals surface area contributed by atoms with Gasteiger partial charge in [-0.1, -0.05) is 32.0 Å². The van der Waals surface area contributed by atoms with E-state index in [1.807, 2.05) is 13.8 Å². The molecule has 3 amide bonds. The molecule has 0 aliphatic carbocycles. The third-order valence-electron chi connectivity index (χ3n) is 4.23. The Morgan fingerprint density at radius 3 is 2.19 bits per heavy atom. The number of hydrogen-bond acceptors (Lipinski definition) is 5. The number of hydrogen-bond donors (Lipinski definition) is 3. The lowest BCUT2D eigenvalue weighted by Gasteiger charge is -2.18. The number of ether oxygens (including phenoxy) is 2. The van der Waals surface area contributed by atoms with Gasteiger partial charge in [-0.2, -0.15) is 0 Å². The second-order valence-corrected chi connectivity index (χ2v) is 7.48. The van der Waals surface area contributed by atoms with Crippen LogP contribution in [0, 0.1) is 5.92 Å². The van der Waals surface area contributed by atoms with Crippen LogP contribution >= 0.6 is 0 Å². The second kappa shape index (κ2) is 11.6. The highest BCUT2D eigenvalue weighted by molar-refractivity contribution is 5.93. The van der Waals surface area contributed by atoms with Crippen LogP contribution in [0.2, 0.25) is 0 Å². The molecule has 2 aromatic rings. The summed E-state index contributed by atoms with van der Waals surface area (Å²) >= 11 is 0. The molecular weight excluding hydrogens is 398 g/mol. The third kappa shape index (κ3) is 8.38. The molecule has 0 aliphatic heterocycles. The Morgan fingerprint density at radius 2 is 1.61 bits per heavy atom. The van der Waals surface area contributed by atoms with E-state index >= 15 is 0 Å². The van der Waals surface area contributed by atoms with Crippen LogP contribution in [-0.2, 0) is 14.3 Å². The normalized spacial score (nSPS) is 11.4. The van der Waals surface area contributed by atoms with Crippen molar-refractivity contribution in [2.45, 2.75) is 33.2 Å². The highest BCUT2D eigenvalue weighted by Gasteiger charge is 2.18.